The second-order valence-electron chi connectivity index (χ2n) is 4.79. The highest BCUT2D eigenvalue weighted by atomic mass is 32.2. The van der Waals surface area contributed by atoms with Crippen LogP contribution in [-0.2, 0) is 16.3 Å². The van der Waals surface area contributed by atoms with Crippen LogP contribution >= 0.6 is 0 Å². The molecule has 0 aliphatic carbocycles. The summed E-state index contributed by atoms with van der Waals surface area (Å²) in [4.78, 5) is 12.1. The first-order valence-electron chi connectivity index (χ1n) is 5.81. The van der Waals surface area contributed by atoms with Crippen LogP contribution in [-0.4, -0.2) is 31.8 Å². The lowest BCUT2D eigenvalue weighted by atomic mass is 10.0. The summed E-state index contributed by atoms with van der Waals surface area (Å²) in [5.74, 6) is 0.422. The van der Waals surface area contributed by atoms with E-state index >= 15 is 0 Å². The molecular weight excluding hydrogens is 252 g/mol. The summed E-state index contributed by atoms with van der Waals surface area (Å²) < 4.78 is 28.3. The van der Waals surface area contributed by atoms with Crippen molar-refractivity contribution in [3.63, 3.8) is 0 Å². The molecule has 1 aliphatic rings. The zero-order chi connectivity index (χ0) is 13.5. The first-order valence-corrected chi connectivity index (χ1v) is 7.77. The highest BCUT2D eigenvalue weighted by Gasteiger charge is 2.26. The Hall–Kier alpha value is -1.36. The minimum atomic E-state index is -3.36. The van der Waals surface area contributed by atoms with Gasteiger partial charge in [-0.25, -0.2) is 8.42 Å². The topological polar surface area (TPSA) is 60.4 Å². The molecule has 0 saturated heterocycles. The Kier molecular flexibility index (Phi) is 3.19. The Bertz CT molecular complexity index is 589. The second kappa shape index (κ2) is 4.39. The molecule has 0 fully saturated rings. The summed E-state index contributed by atoms with van der Waals surface area (Å²) in [6.07, 6.45) is 1.94. The summed E-state index contributed by atoms with van der Waals surface area (Å²) in [6, 6.07) is 5.10. The highest BCUT2D eigenvalue weighted by Crippen LogP contribution is 2.29. The van der Waals surface area contributed by atoms with Gasteiger partial charge in [-0.15, -0.1) is 0 Å². The molecule has 0 spiro atoms. The Morgan fingerprint density at radius 2 is 2.11 bits per heavy atom. The van der Waals surface area contributed by atoms with Gasteiger partial charge in [0.25, 0.3) is 0 Å². The van der Waals surface area contributed by atoms with Crippen LogP contribution < -0.4 is 4.74 Å². The molecule has 0 bridgehead atoms. The van der Waals surface area contributed by atoms with Gasteiger partial charge in [-0.3, -0.25) is 4.79 Å². The van der Waals surface area contributed by atoms with Gasteiger partial charge in [-0.05, 0) is 37.6 Å². The first kappa shape index (κ1) is 13.1. The molecule has 2 rings (SSSR count). The molecule has 0 N–H and O–H groups in total. The van der Waals surface area contributed by atoms with Crippen molar-refractivity contribution in [2.45, 2.75) is 31.6 Å². The maximum Gasteiger partial charge on any atom is 0.180 e. The Morgan fingerprint density at radius 1 is 1.44 bits per heavy atom. The summed E-state index contributed by atoms with van der Waals surface area (Å²) in [7, 11) is -3.36. The Labute approximate surface area is 107 Å². The van der Waals surface area contributed by atoms with E-state index in [4.69, 9.17) is 4.74 Å². The zero-order valence-corrected chi connectivity index (χ0v) is 11.5. The molecule has 5 heteroatoms. The van der Waals surface area contributed by atoms with Crippen LogP contribution in [0.5, 0.6) is 5.75 Å². The quantitative estimate of drug-likeness (QED) is 0.782. The van der Waals surface area contributed by atoms with E-state index in [1.807, 2.05) is 6.92 Å². The van der Waals surface area contributed by atoms with Crippen molar-refractivity contribution in [1.29, 1.82) is 0 Å². The van der Waals surface area contributed by atoms with Crippen molar-refractivity contribution < 1.29 is 17.9 Å². The monoisotopic (exact) mass is 268 g/mol. The number of hydrogen-bond acceptors (Lipinski definition) is 4. The third-order valence-corrected chi connectivity index (χ3v) is 4.69. The van der Waals surface area contributed by atoms with Gasteiger partial charge in [0.2, 0.25) is 0 Å². The normalized spacial score (nSPS) is 20.1. The number of hydrogen-bond donors (Lipinski definition) is 0. The van der Waals surface area contributed by atoms with Gasteiger partial charge in [0.1, 0.15) is 17.1 Å². The zero-order valence-electron chi connectivity index (χ0n) is 10.6. The molecule has 1 heterocycles. The fraction of sp³-hybridized carbons (Fsp3) is 0.462. The lowest BCUT2D eigenvalue weighted by Crippen LogP contribution is -2.26. The second-order valence-corrected chi connectivity index (χ2v) is 7.16. The van der Waals surface area contributed by atoms with Crippen LogP contribution in [0.4, 0.5) is 0 Å². The van der Waals surface area contributed by atoms with Crippen LogP contribution in [0.15, 0.2) is 18.2 Å². The summed E-state index contributed by atoms with van der Waals surface area (Å²) in [5.41, 5.74) is 1.40. The number of carbonyl (C=O) groups excluding carboxylic acids is 1. The number of rotatable bonds is 3. The van der Waals surface area contributed by atoms with Crippen molar-refractivity contribution in [2.75, 3.05) is 6.26 Å². The van der Waals surface area contributed by atoms with Crippen molar-refractivity contribution in [1.82, 2.24) is 0 Å². The minimum Gasteiger partial charge on any atom is -0.490 e. The van der Waals surface area contributed by atoms with E-state index in [1.165, 1.54) is 6.92 Å². The van der Waals surface area contributed by atoms with Crippen molar-refractivity contribution >= 4 is 15.6 Å². The van der Waals surface area contributed by atoms with Crippen LogP contribution in [0.2, 0.25) is 0 Å². The molecule has 1 aromatic rings. The molecule has 4 nitrogen and oxygen atoms in total. The van der Waals surface area contributed by atoms with Gasteiger partial charge < -0.3 is 4.74 Å². The van der Waals surface area contributed by atoms with E-state index in [0.717, 1.165) is 24.0 Å². The van der Waals surface area contributed by atoms with E-state index in [9.17, 15) is 13.2 Å². The van der Waals surface area contributed by atoms with Crippen molar-refractivity contribution in [3.8, 4) is 5.75 Å². The Morgan fingerprint density at radius 3 is 2.72 bits per heavy atom. The van der Waals surface area contributed by atoms with Crippen LogP contribution in [0.3, 0.4) is 0 Å². The smallest absolute Gasteiger partial charge is 0.180 e. The van der Waals surface area contributed by atoms with Crippen LogP contribution in [0.25, 0.3) is 0 Å². The van der Waals surface area contributed by atoms with Gasteiger partial charge in [0, 0.05) is 18.2 Å². The minimum absolute atomic E-state index is 0.109. The fourth-order valence-corrected chi connectivity index (χ4v) is 2.53. The number of ether oxygens (including phenoxy) is 1. The predicted octanol–water partition coefficient (Wildman–Crippen LogP) is 1.63. The molecule has 2 atom stereocenters. The largest absolute Gasteiger partial charge is 0.490 e. The molecule has 0 radical (unpaired) electrons. The van der Waals surface area contributed by atoms with E-state index in [0.29, 0.717) is 5.56 Å². The van der Waals surface area contributed by atoms with Gasteiger partial charge in [-0.2, -0.15) is 0 Å². The van der Waals surface area contributed by atoms with Gasteiger partial charge in [0.05, 0.1) is 0 Å². The third-order valence-electron chi connectivity index (χ3n) is 3.19. The summed E-state index contributed by atoms with van der Waals surface area (Å²) >= 11 is 0. The standard InChI is InChI=1S/C13H16O4S/c1-8-6-11-7-10(4-5-12(11)17-8)13(14)9(2)18(3,15)16/h4-5,7-9H,6H2,1-3H3. The summed E-state index contributed by atoms with van der Waals surface area (Å²) in [6.45, 7) is 3.38. The first-order chi connectivity index (χ1) is 8.29. The average molecular weight is 268 g/mol. The molecular formula is C13H16O4S. The molecule has 0 aromatic heterocycles. The number of ketones is 1. The highest BCUT2D eigenvalue weighted by molar-refractivity contribution is 7.92. The molecule has 0 amide bonds. The van der Waals surface area contributed by atoms with Crippen molar-refractivity contribution in [3.05, 3.63) is 29.3 Å². The van der Waals surface area contributed by atoms with E-state index in [1.54, 1.807) is 18.2 Å². The Balaban J connectivity index is 2.31. The van der Waals surface area contributed by atoms with E-state index < -0.39 is 15.1 Å². The molecule has 1 aromatic carbocycles. The molecule has 1 aliphatic heterocycles. The maximum absolute atomic E-state index is 12.1. The third kappa shape index (κ3) is 2.41. The van der Waals surface area contributed by atoms with E-state index in [-0.39, 0.29) is 11.9 Å². The summed E-state index contributed by atoms with van der Waals surface area (Å²) in [5, 5.41) is -1.00. The SMILES string of the molecule is CC1Cc2cc(C(=O)C(C)S(C)(=O)=O)ccc2O1. The van der Waals surface area contributed by atoms with E-state index in [2.05, 4.69) is 0 Å². The fourth-order valence-electron chi connectivity index (χ4n) is 2.00. The number of fused-ring (bicyclic) bond motifs is 1. The van der Waals surface area contributed by atoms with Gasteiger partial charge >= 0.3 is 0 Å². The number of Topliss-reactive ketones (excluding diaryl/α,β-unsaturated/α-hetero) is 1. The van der Waals surface area contributed by atoms with Crippen LogP contribution in [0.1, 0.15) is 29.8 Å². The average Bonchev–Trinajstić information content (AvgIpc) is 2.64. The molecule has 18 heavy (non-hydrogen) atoms. The molecule has 98 valence electrons. The lowest BCUT2D eigenvalue weighted by molar-refractivity contribution is 0.0991. The number of carbonyl (C=O) groups is 1. The predicted molar refractivity (Wildman–Crippen MR) is 68.9 cm³/mol. The van der Waals surface area contributed by atoms with Gasteiger partial charge in [-0.1, -0.05) is 0 Å². The number of sulfone groups is 1. The molecule has 0 saturated carbocycles. The number of benzene rings is 1. The molecule has 2 unspecified atom stereocenters. The van der Waals surface area contributed by atoms with Crippen LogP contribution in [0, 0.1) is 0 Å². The lowest BCUT2D eigenvalue weighted by Gasteiger charge is -2.09. The maximum atomic E-state index is 12.1. The van der Waals surface area contributed by atoms with Gasteiger partial charge in [0.15, 0.2) is 15.6 Å². The van der Waals surface area contributed by atoms with Crippen molar-refractivity contribution in [2.24, 2.45) is 0 Å².